The molecule has 0 aliphatic carbocycles. The van der Waals surface area contributed by atoms with Gasteiger partial charge >= 0.3 is 0 Å². The van der Waals surface area contributed by atoms with E-state index in [-0.39, 0.29) is 11.7 Å². The molecule has 2 N–H and O–H groups in total. The van der Waals surface area contributed by atoms with Crippen LogP contribution in [0.15, 0.2) is 12.1 Å². The molecule has 0 amide bonds. The van der Waals surface area contributed by atoms with Gasteiger partial charge in [0.05, 0.1) is 25.2 Å². The first kappa shape index (κ1) is 15.5. The molecule has 1 fully saturated rings. The SMILES string of the molecule is COc1cc(CN2CC(C)C(N)C2)c([N+](=O)[O-])cc1OC. The van der Waals surface area contributed by atoms with Crippen LogP contribution in [-0.2, 0) is 6.54 Å². The highest BCUT2D eigenvalue weighted by Gasteiger charge is 2.29. The molecule has 1 aromatic carbocycles. The van der Waals surface area contributed by atoms with Gasteiger partial charge in [-0.25, -0.2) is 0 Å². The fourth-order valence-electron chi connectivity index (χ4n) is 2.67. The average molecular weight is 295 g/mol. The molecule has 7 heteroatoms. The second kappa shape index (κ2) is 6.28. The molecule has 116 valence electrons. The number of ether oxygens (including phenoxy) is 2. The number of benzene rings is 1. The minimum Gasteiger partial charge on any atom is -0.493 e. The first-order valence-corrected chi connectivity index (χ1v) is 6.83. The number of nitrogens with two attached hydrogens (primary N) is 1. The van der Waals surface area contributed by atoms with E-state index in [1.165, 1.54) is 20.3 Å². The smallest absolute Gasteiger partial charge is 0.277 e. The Morgan fingerprint density at radius 1 is 1.33 bits per heavy atom. The fourth-order valence-corrected chi connectivity index (χ4v) is 2.67. The second-order valence-corrected chi connectivity index (χ2v) is 5.43. The van der Waals surface area contributed by atoms with Crippen molar-refractivity contribution in [1.29, 1.82) is 0 Å². The van der Waals surface area contributed by atoms with Crippen molar-refractivity contribution in [2.24, 2.45) is 11.7 Å². The van der Waals surface area contributed by atoms with Gasteiger partial charge in [-0.2, -0.15) is 0 Å². The zero-order valence-corrected chi connectivity index (χ0v) is 12.5. The summed E-state index contributed by atoms with van der Waals surface area (Å²) in [5.74, 6) is 1.25. The largest absolute Gasteiger partial charge is 0.493 e. The normalized spacial score (nSPS) is 22.3. The van der Waals surface area contributed by atoms with E-state index in [1.807, 2.05) is 0 Å². The number of hydrogen-bond acceptors (Lipinski definition) is 6. The molecule has 7 nitrogen and oxygen atoms in total. The number of likely N-dealkylation sites (tertiary alicyclic amines) is 1. The molecule has 1 heterocycles. The van der Waals surface area contributed by atoms with Gasteiger partial charge in [-0.15, -0.1) is 0 Å². The first-order chi connectivity index (χ1) is 9.96. The lowest BCUT2D eigenvalue weighted by Crippen LogP contribution is -2.28. The monoisotopic (exact) mass is 295 g/mol. The van der Waals surface area contributed by atoms with Gasteiger partial charge in [0.1, 0.15) is 0 Å². The standard InChI is InChI=1S/C14H21N3O4/c1-9-6-16(8-11(9)15)7-10-4-13(20-2)14(21-3)5-12(10)17(18)19/h4-5,9,11H,6-8,15H2,1-3H3. The van der Waals surface area contributed by atoms with E-state index in [9.17, 15) is 10.1 Å². The quantitative estimate of drug-likeness (QED) is 0.652. The molecule has 0 spiro atoms. The Balaban J connectivity index is 2.31. The summed E-state index contributed by atoms with van der Waals surface area (Å²) >= 11 is 0. The van der Waals surface area contributed by atoms with Crippen LogP contribution in [0.2, 0.25) is 0 Å². The summed E-state index contributed by atoms with van der Waals surface area (Å²) in [6.45, 7) is 4.15. The third kappa shape index (κ3) is 3.25. The van der Waals surface area contributed by atoms with E-state index in [4.69, 9.17) is 15.2 Å². The Bertz CT molecular complexity index is 525. The molecule has 1 aliphatic rings. The van der Waals surface area contributed by atoms with Crippen molar-refractivity contribution in [3.63, 3.8) is 0 Å². The molecule has 0 bridgehead atoms. The molecule has 0 radical (unpaired) electrons. The second-order valence-electron chi connectivity index (χ2n) is 5.43. The molecule has 21 heavy (non-hydrogen) atoms. The third-order valence-electron chi connectivity index (χ3n) is 3.92. The molecule has 2 atom stereocenters. The Morgan fingerprint density at radius 2 is 1.95 bits per heavy atom. The summed E-state index contributed by atoms with van der Waals surface area (Å²) in [5, 5.41) is 11.3. The van der Waals surface area contributed by atoms with Gasteiger partial charge in [0, 0.05) is 31.2 Å². The van der Waals surface area contributed by atoms with Crippen LogP contribution < -0.4 is 15.2 Å². The number of rotatable bonds is 5. The van der Waals surface area contributed by atoms with Gasteiger partial charge in [0.15, 0.2) is 11.5 Å². The summed E-state index contributed by atoms with van der Waals surface area (Å²) in [6, 6.07) is 3.20. The highest BCUT2D eigenvalue weighted by atomic mass is 16.6. The fraction of sp³-hybridized carbons (Fsp3) is 0.571. The van der Waals surface area contributed by atoms with Gasteiger partial charge < -0.3 is 15.2 Å². The van der Waals surface area contributed by atoms with Crippen LogP contribution in [0.1, 0.15) is 12.5 Å². The minimum atomic E-state index is -0.392. The summed E-state index contributed by atoms with van der Waals surface area (Å²) in [7, 11) is 2.98. The highest BCUT2D eigenvalue weighted by Crippen LogP contribution is 2.35. The number of hydrogen-bond donors (Lipinski definition) is 1. The summed E-state index contributed by atoms with van der Waals surface area (Å²) < 4.78 is 10.4. The molecule has 1 aromatic rings. The topological polar surface area (TPSA) is 90.9 Å². The maximum atomic E-state index is 11.3. The van der Waals surface area contributed by atoms with Crippen molar-refractivity contribution in [2.75, 3.05) is 27.3 Å². The van der Waals surface area contributed by atoms with Crippen LogP contribution in [0, 0.1) is 16.0 Å². The Hall–Kier alpha value is -1.86. The van der Waals surface area contributed by atoms with E-state index in [1.54, 1.807) is 6.07 Å². The maximum Gasteiger partial charge on any atom is 0.277 e. The van der Waals surface area contributed by atoms with Crippen molar-refractivity contribution in [3.05, 3.63) is 27.8 Å². The predicted molar refractivity (Wildman–Crippen MR) is 78.6 cm³/mol. The molecule has 2 unspecified atom stereocenters. The molecule has 1 aliphatic heterocycles. The maximum absolute atomic E-state index is 11.3. The van der Waals surface area contributed by atoms with Crippen LogP contribution in [0.3, 0.4) is 0 Å². The summed E-state index contributed by atoms with van der Waals surface area (Å²) in [4.78, 5) is 13.0. The van der Waals surface area contributed by atoms with Gasteiger partial charge in [0.25, 0.3) is 5.69 Å². The number of methoxy groups -OCH3 is 2. The van der Waals surface area contributed by atoms with E-state index >= 15 is 0 Å². The minimum absolute atomic E-state index is 0.0424. The van der Waals surface area contributed by atoms with Crippen molar-refractivity contribution in [3.8, 4) is 11.5 Å². The Labute approximate surface area is 123 Å². The Morgan fingerprint density at radius 3 is 2.43 bits per heavy atom. The van der Waals surface area contributed by atoms with Gasteiger partial charge in [-0.05, 0) is 12.0 Å². The third-order valence-corrected chi connectivity index (χ3v) is 3.92. The lowest BCUT2D eigenvalue weighted by atomic mass is 10.1. The molecule has 0 saturated carbocycles. The molecular formula is C14H21N3O4. The average Bonchev–Trinajstić information content (AvgIpc) is 2.76. The van der Waals surface area contributed by atoms with Crippen LogP contribution in [0.4, 0.5) is 5.69 Å². The molecule has 1 saturated heterocycles. The molecule has 2 rings (SSSR count). The van der Waals surface area contributed by atoms with Gasteiger partial charge in [0.2, 0.25) is 0 Å². The number of nitrogens with zero attached hydrogens (tertiary/aromatic N) is 2. The number of nitro groups is 1. The van der Waals surface area contributed by atoms with Crippen LogP contribution in [0.25, 0.3) is 0 Å². The van der Waals surface area contributed by atoms with Crippen LogP contribution >= 0.6 is 0 Å². The zero-order chi connectivity index (χ0) is 15.6. The van der Waals surface area contributed by atoms with Gasteiger partial charge in [-0.3, -0.25) is 15.0 Å². The molecular weight excluding hydrogens is 274 g/mol. The number of nitro benzene ring substituents is 1. The predicted octanol–water partition coefficient (Wildman–Crippen LogP) is 1.39. The summed E-state index contributed by atoms with van der Waals surface area (Å²) in [6.07, 6.45) is 0. The van der Waals surface area contributed by atoms with Crippen molar-refractivity contribution in [2.45, 2.75) is 19.5 Å². The highest BCUT2D eigenvalue weighted by molar-refractivity contribution is 5.54. The van der Waals surface area contributed by atoms with E-state index in [0.29, 0.717) is 29.5 Å². The van der Waals surface area contributed by atoms with E-state index < -0.39 is 4.92 Å². The summed E-state index contributed by atoms with van der Waals surface area (Å²) in [5.41, 5.74) is 6.65. The lowest BCUT2D eigenvalue weighted by molar-refractivity contribution is -0.385. The van der Waals surface area contributed by atoms with Crippen molar-refractivity contribution in [1.82, 2.24) is 4.90 Å². The zero-order valence-electron chi connectivity index (χ0n) is 12.5. The first-order valence-electron chi connectivity index (χ1n) is 6.83. The van der Waals surface area contributed by atoms with Gasteiger partial charge in [-0.1, -0.05) is 6.92 Å². The Kier molecular flexibility index (Phi) is 4.64. The van der Waals surface area contributed by atoms with E-state index in [0.717, 1.165) is 13.1 Å². The van der Waals surface area contributed by atoms with Crippen LogP contribution in [-0.4, -0.2) is 43.2 Å². The van der Waals surface area contributed by atoms with Crippen molar-refractivity contribution >= 4 is 5.69 Å². The van der Waals surface area contributed by atoms with Crippen molar-refractivity contribution < 1.29 is 14.4 Å². The molecule has 0 aromatic heterocycles. The van der Waals surface area contributed by atoms with Crippen LogP contribution in [0.5, 0.6) is 11.5 Å². The lowest BCUT2D eigenvalue weighted by Gasteiger charge is -2.17. The van der Waals surface area contributed by atoms with E-state index in [2.05, 4.69) is 11.8 Å².